The van der Waals surface area contributed by atoms with Crippen LogP contribution in [0.4, 0.5) is 5.69 Å². The molecule has 0 fully saturated rings. The highest BCUT2D eigenvalue weighted by Crippen LogP contribution is 2.31. The van der Waals surface area contributed by atoms with Gasteiger partial charge in [-0.05, 0) is 36.2 Å². The predicted molar refractivity (Wildman–Crippen MR) is 89.2 cm³/mol. The Morgan fingerprint density at radius 1 is 1.29 bits per heavy atom. The first-order valence-electron chi connectivity index (χ1n) is 6.38. The molecule has 0 unspecified atom stereocenters. The molecule has 2 rings (SSSR count). The van der Waals surface area contributed by atoms with E-state index in [1.165, 1.54) is 0 Å². The molecule has 1 N–H and O–H groups in total. The molecule has 0 atom stereocenters. The minimum absolute atomic E-state index is 0.0997. The highest BCUT2D eigenvalue weighted by Gasteiger charge is 2.11. The van der Waals surface area contributed by atoms with Gasteiger partial charge in [-0.15, -0.1) is 0 Å². The summed E-state index contributed by atoms with van der Waals surface area (Å²) in [6.45, 7) is 1.88. The summed E-state index contributed by atoms with van der Waals surface area (Å²) in [5.74, 6) is 0.451. The van der Waals surface area contributed by atoms with Gasteiger partial charge in [-0.3, -0.25) is 4.79 Å². The van der Waals surface area contributed by atoms with Crippen LogP contribution in [0.15, 0.2) is 40.9 Å². The fourth-order valence-corrected chi connectivity index (χ4v) is 2.33. The van der Waals surface area contributed by atoms with Crippen LogP contribution in [0.5, 0.6) is 5.75 Å². The summed E-state index contributed by atoms with van der Waals surface area (Å²) in [4.78, 5) is 12.1. The van der Waals surface area contributed by atoms with Gasteiger partial charge < -0.3 is 10.1 Å². The normalized spacial score (nSPS) is 10.3. The topological polar surface area (TPSA) is 38.3 Å². The number of hydrogen-bond acceptors (Lipinski definition) is 2. The van der Waals surface area contributed by atoms with Crippen LogP contribution in [-0.2, 0) is 11.2 Å². The zero-order chi connectivity index (χ0) is 15.4. The first-order valence-corrected chi connectivity index (χ1v) is 7.55. The molecule has 0 aromatic heterocycles. The highest BCUT2D eigenvalue weighted by molar-refractivity contribution is 9.10. The molecular weight excluding hydrogens is 354 g/mol. The molecule has 0 bridgehead atoms. The number of halogens is 2. The molecule has 0 saturated carbocycles. The molecule has 3 nitrogen and oxygen atoms in total. The second-order valence-corrected chi connectivity index (χ2v) is 5.98. The fraction of sp³-hybridized carbons (Fsp3) is 0.188. The SMILES string of the molecule is COc1cc(Cl)c(C)cc1NC(=O)Cc1ccc(Br)cc1. The van der Waals surface area contributed by atoms with Crippen molar-refractivity contribution in [2.75, 3.05) is 12.4 Å². The lowest BCUT2D eigenvalue weighted by atomic mass is 10.1. The van der Waals surface area contributed by atoms with Crippen molar-refractivity contribution in [1.82, 2.24) is 0 Å². The summed E-state index contributed by atoms with van der Waals surface area (Å²) >= 11 is 9.42. The maximum absolute atomic E-state index is 12.1. The summed E-state index contributed by atoms with van der Waals surface area (Å²) in [5, 5.41) is 3.47. The van der Waals surface area contributed by atoms with Crippen LogP contribution in [0.1, 0.15) is 11.1 Å². The average Bonchev–Trinajstić information content (AvgIpc) is 2.45. The van der Waals surface area contributed by atoms with Crippen LogP contribution in [0.25, 0.3) is 0 Å². The van der Waals surface area contributed by atoms with E-state index in [-0.39, 0.29) is 5.91 Å². The first-order chi connectivity index (χ1) is 9.99. The van der Waals surface area contributed by atoms with Gasteiger partial charge in [0.25, 0.3) is 0 Å². The smallest absolute Gasteiger partial charge is 0.228 e. The molecule has 0 aliphatic carbocycles. The summed E-state index contributed by atoms with van der Waals surface area (Å²) < 4.78 is 6.23. The molecule has 0 heterocycles. The van der Waals surface area contributed by atoms with Gasteiger partial charge >= 0.3 is 0 Å². The van der Waals surface area contributed by atoms with Gasteiger partial charge in [0.2, 0.25) is 5.91 Å². The van der Waals surface area contributed by atoms with Crippen LogP contribution in [0.3, 0.4) is 0 Å². The third kappa shape index (κ3) is 4.22. The number of hydrogen-bond donors (Lipinski definition) is 1. The highest BCUT2D eigenvalue weighted by atomic mass is 79.9. The number of amides is 1. The van der Waals surface area contributed by atoms with Gasteiger partial charge in [0.15, 0.2) is 0 Å². The van der Waals surface area contributed by atoms with Crippen molar-refractivity contribution >= 4 is 39.1 Å². The Bertz CT molecular complexity index is 656. The lowest BCUT2D eigenvalue weighted by Gasteiger charge is -2.12. The van der Waals surface area contributed by atoms with Crippen molar-refractivity contribution in [2.24, 2.45) is 0 Å². The number of aryl methyl sites for hydroxylation is 1. The standard InChI is InChI=1S/C16H15BrClNO2/c1-10-7-14(15(21-2)9-13(10)18)19-16(20)8-11-3-5-12(17)6-4-11/h3-7,9H,8H2,1-2H3,(H,19,20). The minimum Gasteiger partial charge on any atom is -0.495 e. The summed E-state index contributed by atoms with van der Waals surface area (Å²) in [6, 6.07) is 11.2. The molecule has 0 aliphatic heterocycles. The number of benzene rings is 2. The molecule has 2 aromatic rings. The van der Waals surface area contributed by atoms with Gasteiger partial charge in [0.1, 0.15) is 5.75 Å². The third-order valence-corrected chi connectivity index (χ3v) is 3.97. The molecule has 5 heteroatoms. The van der Waals surface area contributed by atoms with Crippen molar-refractivity contribution < 1.29 is 9.53 Å². The Kier molecular flexibility index (Phi) is 5.26. The molecule has 110 valence electrons. The number of ether oxygens (including phenoxy) is 1. The van der Waals surface area contributed by atoms with Crippen molar-refractivity contribution in [3.05, 3.63) is 57.0 Å². The van der Waals surface area contributed by atoms with Gasteiger partial charge in [0.05, 0.1) is 19.2 Å². The predicted octanol–water partition coefficient (Wildman–Crippen LogP) is 4.60. The molecule has 2 aromatic carbocycles. The molecule has 0 saturated heterocycles. The lowest BCUT2D eigenvalue weighted by Crippen LogP contribution is -2.15. The van der Waals surface area contributed by atoms with Crippen molar-refractivity contribution in [2.45, 2.75) is 13.3 Å². The largest absolute Gasteiger partial charge is 0.495 e. The quantitative estimate of drug-likeness (QED) is 0.856. The van der Waals surface area contributed by atoms with Crippen molar-refractivity contribution in [1.29, 1.82) is 0 Å². The number of methoxy groups -OCH3 is 1. The Labute approximate surface area is 137 Å². The zero-order valence-electron chi connectivity index (χ0n) is 11.7. The molecule has 21 heavy (non-hydrogen) atoms. The molecule has 0 radical (unpaired) electrons. The Hall–Kier alpha value is -1.52. The van der Waals surface area contributed by atoms with E-state index in [2.05, 4.69) is 21.2 Å². The van der Waals surface area contributed by atoms with Gasteiger partial charge in [-0.25, -0.2) is 0 Å². The number of carbonyl (C=O) groups excluding carboxylic acids is 1. The van der Waals surface area contributed by atoms with Gasteiger partial charge in [-0.1, -0.05) is 39.7 Å². The average molecular weight is 369 g/mol. The molecular formula is C16H15BrClNO2. The van der Waals surface area contributed by atoms with Gasteiger partial charge in [-0.2, -0.15) is 0 Å². The van der Waals surface area contributed by atoms with E-state index < -0.39 is 0 Å². The van der Waals surface area contributed by atoms with E-state index in [1.54, 1.807) is 19.2 Å². The monoisotopic (exact) mass is 367 g/mol. The molecule has 1 amide bonds. The minimum atomic E-state index is -0.0997. The van der Waals surface area contributed by atoms with E-state index in [4.69, 9.17) is 16.3 Å². The zero-order valence-corrected chi connectivity index (χ0v) is 14.1. The molecule has 0 spiro atoms. The number of carbonyl (C=O) groups is 1. The van der Waals surface area contributed by atoms with Crippen molar-refractivity contribution in [3.8, 4) is 5.75 Å². The Morgan fingerprint density at radius 2 is 1.95 bits per heavy atom. The van der Waals surface area contributed by atoms with Gasteiger partial charge in [0, 0.05) is 15.6 Å². The van der Waals surface area contributed by atoms with Crippen LogP contribution in [0.2, 0.25) is 5.02 Å². The maximum atomic E-state index is 12.1. The van der Waals surface area contributed by atoms with Crippen LogP contribution >= 0.6 is 27.5 Å². The fourth-order valence-electron chi connectivity index (χ4n) is 1.91. The second-order valence-electron chi connectivity index (χ2n) is 4.65. The van der Waals surface area contributed by atoms with E-state index in [0.717, 1.165) is 15.6 Å². The molecule has 0 aliphatic rings. The van der Waals surface area contributed by atoms with Crippen LogP contribution in [0, 0.1) is 6.92 Å². The number of nitrogens with one attached hydrogen (secondary N) is 1. The van der Waals surface area contributed by atoms with Crippen LogP contribution < -0.4 is 10.1 Å². The van der Waals surface area contributed by atoms with Crippen molar-refractivity contribution in [3.63, 3.8) is 0 Å². The number of rotatable bonds is 4. The first kappa shape index (κ1) is 15.9. The van der Waals surface area contributed by atoms with Crippen LogP contribution in [-0.4, -0.2) is 13.0 Å². The Morgan fingerprint density at radius 3 is 2.57 bits per heavy atom. The number of anilines is 1. The van der Waals surface area contributed by atoms with E-state index in [0.29, 0.717) is 22.9 Å². The Balaban J connectivity index is 2.12. The summed E-state index contributed by atoms with van der Waals surface area (Å²) in [5.41, 5.74) is 2.46. The summed E-state index contributed by atoms with van der Waals surface area (Å²) in [7, 11) is 1.55. The summed E-state index contributed by atoms with van der Waals surface area (Å²) in [6.07, 6.45) is 0.304. The van der Waals surface area contributed by atoms with E-state index in [9.17, 15) is 4.79 Å². The second kappa shape index (κ2) is 6.96. The lowest BCUT2D eigenvalue weighted by molar-refractivity contribution is -0.115. The maximum Gasteiger partial charge on any atom is 0.228 e. The van der Waals surface area contributed by atoms with E-state index >= 15 is 0 Å². The van der Waals surface area contributed by atoms with E-state index in [1.807, 2.05) is 31.2 Å². The third-order valence-electron chi connectivity index (χ3n) is 3.03.